The zero-order valence-electron chi connectivity index (χ0n) is 27.7. The number of aromatic hydroxyl groups is 1. The van der Waals surface area contributed by atoms with Gasteiger partial charge in [-0.2, -0.15) is 0 Å². The molecule has 0 saturated carbocycles. The monoisotopic (exact) mass is 655 g/mol. The Hall–Kier alpha value is -4.41. The Balaban J connectivity index is 0.938. The van der Waals surface area contributed by atoms with Gasteiger partial charge in [0.05, 0.1) is 11.7 Å². The SMILES string of the molecule is O=C(CCN1CCC(OC(=O)Nc2ccccc2-c2ccccc2)CC1)NCCCCCN(Cc1ccc(O)cc1)C(=O)[C@@H]1CCCN1. The van der Waals surface area contributed by atoms with Crippen molar-refractivity contribution in [2.45, 2.75) is 70.1 Å². The molecule has 3 aromatic carbocycles. The van der Waals surface area contributed by atoms with Gasteiger partial charge in [-0.05, 0) is 80.8 Å². The summed E-state index contributed by atoms with van der Waals surface area (Å²) in [6.45, 7) is 4.91. The molecule has 1 atom stereocenters. The number of ether oxygens (including phenoxy) is 1. The summed E-state index contributed by atoms with van der Waals surface area (Å²) in [5, 5.41) is 18.9. The molecule has 0 aromatic heterocycles. The Morgan fingerprint density at radius 1 is 0.896 bits per heavy atom. The molecule has 2 aliphatic heterocycles. The summed E-state index contributed by atoms with van der Waals surface area (Å²) in [7, 11) is 0. The first-order valence-corrected chi connectivity index (χ1v) is 17.4. The van der Waals surface area contributed by atoms with E-state index in [1.165, 1.54) is 0 Å². The largest absolute Gasteiger partial charge is 0.508 e. The molecule has 2 aliphatic rings. The third-order valence-corrected chi connectivity index (χ3v) is 9.12. The molecule has 0 spiro atoms. The Morgan fingerprint density at radius 3 is 2.40 bits per heavy atom. The van der Waals surface area contributed by atoms with Crippen LogP contribution in [0.4, 0.5) is 10.5 Å². The van der Waals surface area contributed by atoms with Crippen molar-refractivity contribution in [3.05, 3.63) is 84.4 Å². The number of piperidine rings is 1. The fourth-order valence-electron chi connectivity index (χ4n) is 6.39. The van der Waals surface area contributed by atoms with E-state index in [4.69, 9.17) is 4.74 Å². The minimum absolute atomic E-state index is 0.0428. The van der Waals surface area contributed by atoms with E-state index >= 15 is 0 Å². The lowest BCUT2D eigenvalue weighted by Gasteiger charge is -2.31. The number of benzene rings is 3. The minimum Gasteiger partial charge on any atom is -0.508 e. The third kappa shape index (κ3) is 10.8. The number of likely N-dealkylation sites (tertiary alicyclic amines) is 1. The molecule has 3 amide bonds. The van der Waals surface area contributed by atoms with Gasteiger partial charge in [-0.25, -0.2) is 4.79 Å². The highest BCUT2D eigenvalue weighted by Gasteiger charge is 2.27. The first kappa shape index (κ1) is 34.9. The normalized spacial score (nSPS) is 16.7. The Kier molecular flexibility index (Phi) is 13.3. The number of unbranched alkanes of at least 4 members (excludes halogenated alkanes) is 2. The zero-order chi connectivity index (χ0) is 33.6. The highest BCUT2D eigenvalue weighted by Crippen LogP contribution is 2.28. The molecule has 0 aliphatic carbocycles. The first-order chi connectivity index (χ1) is 23.4. The maximum Gasteiger partial charge on any atom is 0.411 e. The Bertz CT molecular complexity index is 1450. The smallest absolute Gasteiger partial charge is 0.411 e. The van der Waals surface area contributed by atoms with Crippen molar-refractivity contribution in [1.82, 2.24) is 20.4 Å². The van der Waals surface area contributed by atoms with Crippen LogP contribution in [0.5, 0.6) is 5.75 Å². The van der Waals surface area contributed by atoms with E-state index in [-0.39, 0.29) is 29.7 Å². The van der Waals surface area contributed by atoms with Gasteiger partial charge in [-0.15, -0.1) is 0 Å². The molecule has 0 bridgehead atoms. The van der Waals surface area contributed by atoms with E-state index < -0.39 is 6.09 Å². The maximum atomic E-state index is 13.1. The summed E-state index contributed by atoms with van der Waals surface area (Å²) in [4.78, 5) is 42.5. The van der Waals surface area contributed by atoms with Crippen LogP contribution in [-0.2, 0) is 20.9 Å². The van der Waals surface area contributed by atoms with E-state index in [1.54, 1.807) is 12.1 Å². The van der Waals surface area contributed by atoms with Crippen LogP contribution in [-0.4, -0.2) is 84.2 Å². The maximum absolute atomic E-state index is 13.1. The number of carbonyl (C=O) groups is 3. The predicted octanol–water partition coefficient (Wildman–Crippen LogP) is 5.53. The topological polar surface area (TPSA) is 123 Å². The van der Waals surface area contributed by atoms with E-state index in [0.717, 1.165) is 87.0 Å². The molecule has 2 fully saturated rings. The number of phenols is 1. The Labute approximate surface area is 283 Å². The summed E-state index contributed by atoms with van der Waals surface area (Å²) in [5.74, 6) is 0.396. The van der Waals surface area contributed by atoms with Crippen molar-refractivity contribution in [2.75, 3.05) is 44.6 Å². The number of carbonyl (C=O) groups excluding carboxylic acids is 3. The van der Waals surface area contributed by atoms with E-state index in [9.17, 15) is 19.5 Å². The van der Waals surface area contributed by atoms with Crippen molar-refractivity contribution < 1.29 is 24.2 Å². The number of hydrogen-bond acceptors (Lipinski definition) is 7. The highest BCUT2D eigenvalue weighted by atomic mass is 16.6. The summed E-state index contributed by atoms with van der Waals surface area (Å²) >= 11 is 0. The third-order valence-electron chi connectivity index (χ3n) is 9.12. The number of anilines is 1. The quantitative estimate of drug-likeness (QED) is 0.159. The predicted molar refractivity (Wildman–Crippen MR) is 187 cm³/mol. The molecule has 0 unspecified atom stereocenters. The summed E-state index contributed by atoms with van der Waals surface area (Å²) < 4.78 is 5.74. The molecule has 0 radical (unpaired) electrons. The number of hydrogen-bond donors (Lipinski definition) is 4. The molecular weight excluding hydrogens is 606 g/mol. The number of nitrogens with zero attached hydrogens (tertiary/aromatic N) is 2. The van der Waals surface area contributed by atoms with E-state index in [1.807, 2.05) is 71.6 Å². The zero-order valence-corrected chi connectivity index (χ0v) is 27.7. The molecule has 10 nitrogen and oxygen atoms in total. The van der Waals surface area contributed by atoms with Crippen LogP contribution < -0.4 is 16.0 Å². The van der Waals surface area contributed by atoms with Crippen molar-refractivity contribution in [3.63, 3.8) is 0 Å². The average molecular weight is 656 g/mol. The van der Waals surface area contributed by atoms with Gasteiger partial charge >= 0.3 is 6.09 Å². The second-order valence-corrected chi connectivity index (χ2v) is 12.7. The fourth-order valence-corrected chi connectivity index (χ4v) is 6.39. The van der Waals surface area contributed by atoms with Crippen LogP contribution in [0.3, 0.4) is 0 Å². The number of amides is 3. The molecule has 10 heteroatoms. The first-order valence-electron chi connectivity index (χ1n) is 17.4. The molecule has 4 N–H and O–H groups in total. The molecular formula is C38H49N5O5. The van der Waals surface area contributed by atoms with Crippen LogP contribution in [0.15, 0.2) is 78.9 Å². The summed E-state index contributed by atoms with van der Waals surface area (Å²) in [6, 6.07) is 24.5. The second kappa shape index (κ2) is 18.2. The standard InChI is InChI=1S/C38H49N5O5/c44-31-17-15-29(16-18-31)28-43(37(46)35-14-9-23-39-35)24-8-2-7-22-40-36(45)21-27-42-25-19-32(20-26-42)48-38(47)41-34-13-6-5-12-33(34)30-10-3-1-4-11-30/h1,3-6,10-13,15-18,32,35,39,44H,2,7-9,14,19-28H2,(H,40,45)(H,41,47)/t35-/m0/s1. The van der Waals surface area contributed by atoms with E-state index in [0.29, 0.717) is 32.6 Å². The van der Waals surface area contributed by atoms with Gasteiger partial charge in [0, 0.05) is 51.3 Å². The lowest BCUT2D eigenvalue weighted by Crippen LogP contribution is -2.43. The van der Waals surface area contributed by atoms with Crippen LogP contribution >= 0.6 is 0 Å². The molecule has 5 rings (SSSR count). The minimum atomic E-state index is -0.446. The number of para-hydroxylation sites is 1. The average Bonchev–Trinajstić information content (AvgIpc) is 3.65. The van der Waals surface area contributed by atoms with Gasteiger partial charge in [0.25, 0.3) is 0 Å². The van der Waals surface area contributed by atoms with Gasteiger partial charge in [-0.3, -0.25) is 14.9 Å². The van der Waals surface area contributed by atoms with Gasteiger partial charge in [0.2, 0.25) is 11.8 Å². The van der Waals surface area contributed by atoms with Crippen molar-refractivity contribution in [2.24, 2.45) is 0 Å². The highest BCUT2D eigenvalue weighted by molar-refractivity contribution is 5.91. The van der Waals surface area contributed by atoms with Crippen LogP contribution in [0.25, 0.3) is 11.1 Å². The number of rotatable bonds is 15. The fraction of sp³-hybridized carbons (Fsp3) is 0.447. The van der Waals surface area contributed by atoms with Gasteiger partial charge in [0.15, 0.2) is 0 Å². The summed E-state index contributed by atoms with van der Waals surface area (Å²) in [5.41, 5.74) is 3.69. The lowest BCUT2D eigenvalue weighted by atomic mass is 10.0. The second-order valence-electron chi connectivity index (χ2n) is 12.7. The van der Waals surface area contributed by atoms with Crippen molar-refractivity contribution in [3.8, 4) is 16.9 Å². The number of phenolic OH excluding ortho intramolecular Hbond substituents is 1. The molecule has 2 heterocycles. The van der Waals surface area contributed by atoms with Crippen molar-refractivity contribution in [1.29, 1.82) is 0 Å². The molecule has 2 saturated heterocycles. The number of nitrogens with one attached hydrogen (secondary N) is 3. The summed E-state index contributed by atoms with van der Waals surface area (Å²) in [6.07, 6.45) is 5.82. The van der Waals surface area contributed by atoms with Gasteiger partial charge in [-0.1, -0.05) is 60.7 Å². The molecule has 48 heavy (non-hydrogen) atoms. The molecule has 256 valence electrons. The van der Waals surface area contributed by atoms with Crippen LogP contribution in [0, 0.1) is 0 Å². The van der Waals surface area contributed by atoms with Crippen LogP contribution in [0.1, 0.15) is 56.9 Å². The lowest BCUT2D eigenvalue weighted by molar-refractivity contribution is -0.133. The van der Waals surface area contributed by atoms with Gasteiger partial charge < -0.3 is 30.3 Å². The van der Waals surface area contributed by atoms with Crippen LogP contribution in [0.2, 0.25) is 0 Å². The van der Waals surface area contributed by atoms with Crippen molar-refractivity contribution >= 4 is 23.6 Å². The molecule has 3 aromatic rings. The van der Waals surface area contributed by atoms with E-state index in [2.05, 4.69) is 20.9 Å². The Morgan fingerprint density at radius 2 is 1.65 bits per heavy atom. The van der Waals surface area contributed by atoms with Gasteiger partial charge in [0.1, 0.15) is 11.9 Å².